The molecule has 1 aromatic carbocycles. The number of pyridine rings is 2. The number of hydrogen-bond donors (Lipinski definition) is 3. The van der Waals surface area contributed by atoms with E-state index < -0.39 is 6.23 Å². The number of methoxy groups -OCH3 is 1. The van der Waals surface area contributed by atoms with Crippen molar-refractivity contribution in [3.05, 3.63) is 80.2 Å². The van der Waals surface area contributed by atoms with E-state index in [1.54, 1.807) is 35.2 Å². The van der Waals surface area contributed by atoms with Gasteiger partial charge < -0.3 is 35.4 Å². The molecule has 0 radical (unpaired) electrons. The number of amides is 1. The fraction of sp³-hybridized carbons (Fsp3) is 0.296. The maximum Gasteiger partial charge on any atom is 0.255 e. The molecule has 12 heteroatoms. The molecule has 2 unspecified atom stereocenters. The number of halogens is 2. The van der Waals surface area contributed by atoms with Crippen LogP contribution in [0.1, 0.15) is 33.4 Å². The zero-order valence-electron chi connectivity index (χ0n) is 22.4. The highest BCUT2D eigenvalue weighted by atomic mass is 35.5. The van der Waals surface area contributed by atoms with Gasteiger partial charge in [0.05, 0.1) is 10.6 Å². The van der Waals surface area contributed by atoms with Crippen LogP contribution in [0.15, 0.2) is 42.5 Å². The molecule has 3 heterocycles. The molecule has 0 fully saturated rings. The van der Waals surface area contributed by atoms with Crippen molar-refractivity contribution in [3.8, 4) is 0 Å². The van der Waals surface area contributed by atoms with Crippen LogP contribution in [0.3, 0.4) is 0 Å². The molecule has 2 aromatic heterocycles. The van der Waals surface area contributed by atoms with E-state index in [9.17, 15) is 10.0 Å². The lowest BCUT2D eigenvalue weighted by molar-refractivity contribution is -0.838. The number of benzene rings is 1. The summed E-state index contributed by atoms with van der Waals surface area (Å²) in [5.41, 5.74) is 2.94. The minimum absolute atomic E-state index is 0.204. The molecule has 0 saturated carbocycles. The predicted molar refractivity (Wildman–Crippen MR) is 156 cm³/mol. The summed E-state index contributed by atoms with van der Waals surface area (Å²) in [7, 11) is 9.09. The van der Waals surface area contributed by atoms with Gasteiger partial charge in [0, 0.05) is 57.2 Å². The Bertz CT molecular complexity index is 1400. The van der Waals surface area contributed by atoms with Gasteiger partial charge in [0.15, 0.2) is 0 Å². The highest BCUT2D eigenvalue weighted by Crippen LogP contribution is 2.32. The second-order valence-corrected chi connectivity index (χ2v) is 10.3. The van der Waals surface area contributed by atoms with Crippen molar-refractivity contribution in [2.45, 2.75) is 6.23 Å². The Balaban J connectivity index is 1.63. The molecule has 0 saturated heterocycles. The van der Waals surface area contributed by atoms with E-state index in [0.717, 1.165) is 12.1 Å². The highest BCUT2D eigenvalue weighted by Gasteiger charge is 2.32. The number of carbonyl (C=O) groups is 1. The van der Waals surface area contributed by atoms with Crippen molar-refractivity contribution in [2.75, 3.05) is 63.9 Å². The van der Waals surface area contributed by atoms with Crippen LogP contribution < -0.4 is 20.6 Å². The fourth-order valence-corrected chi connectivity index (χ4v) is 4.52. The second-order valence-electron chi connectivity index (χ2n) is 9.52. The first-order chi connectivity index (χ1) is 18.6. The Morgan fingerprint density at radius 3 is 2.56 bits per heavy atom. The molecule has 0 aliphatic carbocycles. The van der Waals surface area contributed by atoms with Gasteiger partial charge in [-0.05, 0) is 56.6 Å². The average Bonchev–Trinajstić information content (AvgIpc) is 2.89. The van der Waals surface area contributed by atoms with Crippen LogP contribution in [0, 0.1) is 5.21 Å². The summed E-state index contributed by atoms with van der Waals surface area (Å²) in [6.07, 6.45) is 0.858. The molecular formula is C27H31Cl2N7O3. The molecule has 4 rings (SSSR count). The van der Waals surface area contributed by atoms with Crippen molar-refractivity contribution < 1.29 is 14.6 Å². The van der Waals surface area contributed by atoms with E-state index in [0.29, 0.717) is 51.4 Å². The number of fused-ring (bicyclic) bond motifs is 1. The fourth-order valence-electron chi connectivity index (χ4n) is 4.10. The summed E-state index contributed by atoms with van der Waals surface area (Å²) < 4.78 is 5.59. The minimum Gasteiger partial charge on any atom is -0.627 e. The summed E-state index contributed by atoms with van der Waals surface area (Å²) in [6.45, 7) is 1.55. The predicted octanol–water partition coefficient (Wildman–Crippen LogP) is 3.61. The molecule has 1 amide bonds. The lowest BCUT2D eigenvalue weighted by atomic mass is 10.0. The molecular weight excluding hydrogens is 541 g/mol. The Morgan fingerprint density at radius 1 is 1.10 bits per heavy atom. The zero-order chi connectivity index (χ0) is 28.3. The van der Waals surface area contributed by atoms with Gasteiger partial charge in [-0.2, -0.15) is 0 Å². The normalized spacial score (nSPS) is 16.5. The van der Waals surface area contributed by atoms with Crippen molar-refractivity contribution >= 4 is 58.2 Å². The maximum atomic E-state index is 13.5. The number of quaternary nitrogens is 1. The Morgan fingerprint density at radius 2 is 1.87 bits per heavy atom. The molecule has 0 bridgehead atoms. The quantitative estimate of drug-likeness (QED) is 0.264. The Labute approximate surface area is 237 Å². The van der Waals surface area contributed by atoms with Gasteiger partial charge in [0.1, 0.15) is 28.2 Å². The smallest absolute Gasteiger partial charge is 0.255 e. The lowest BCUT2D eigenvalue weighted by Crippen LogP contribution is -3.05. The summed E-state index contributed by atoms with van der Waals surface area (Å²) in [6, 6.07) is 11.9. The minimum atomic E-state index is -0.895. The van der Waals surface area contributed by atoms with Gasteiger partial charge in [-0.15, -0.1) is 0 Å². The number of nitrogens with one attached hydrogen (secondary N) is 3. The van der Waals surface area contributed by atoms with Gasteiger partial charge in [-0.1, -0.05) is 23.2 Å². The first-order valence-electron chi connectivity index (χ1n) is 12.2. The summed E-state index contributed by atoms with van der Waals surface area (Å²) in [5.74, 6) is 0.841. The molecule has 1 aliphatic heterocycles. The average molecular weight is 572 g/mol. The number of rotatable bonds is 9. The van der Waals surface area contributed by atoms with E-state index in [2.05, 4.69) is 25.5 Å². The molecule has 3 aromatic rings. The Hall–Kier alpha value is -3.25. The topological polar surface area (TPSA) is 110 Å². The van der Waals surface area contributed by atoms with Gasteiger partial charge >= 0.3 is 0 Å². The number of hydroxylamine groups is 2. The molecule has 1 aliphatic rings. The molecule has 3 N–H and O–H groups in total. The van der Waals surface area contributed by atoms with Crippen LogP contribution in [-0.4, -0.2) is 69.2 Å². The number of nitrogens with zero attached hydrogens (tertiary/aromatic N) is 4. The lowest BCUT2D eigenvalue weighted by Gasteiger charge is -2.35. The van der Waals surface area contributed by atoms with E-state index in [1.165, 1.54) is 13.2 Å². The van der Waals surface area contributed by atoms with Crippen molar-refractivity contribution in [3.63, 3.8) is 0 Å². The van der Waals surface area contributed by atoms with Crippen LogP contribution in [0.5, 0.6) is 0 Å². The molecule has 10 nitrogen and oxygen atoms in total. The molecule has 39 heavy (non-hydrogen) atoms. The van der Waals surface area contributed by atoms with E-state index in [1.807, 2.05) is 40.3 Å². The first kappa shape index (κ1) is 28.8. The zero-order valence-corrected chi connectivity index (χ0v) is 23.9. The van der Waals surface area contributed by atoms with Crippen molar-refractivity contribution in [1.82, 2.24) is 14.9 Å². The number of ether oxygens (including phenoxy) is 1. The SMILES string of the molecule is COC1c2nc(NCCN(C)C)ccc2C=C(c2cc(NC(=O)c3cc(Cl)nc(N(C)C)c3)ccc2Cl)[NH+]1[O-]. The molecule has 206 valence electrons. The number of anilines is 3. The molecule has 0 spiro atoms. The van der Waals surface area contributed by atoms with Crippen LogP contribution in [-0.2, 0) is 4.74 Å². The first-order valence-corrected chi connectivity index (χ1v) is 13.0. The summed E-state index contributed by atoms with van der Waals surface area (Å²) in [5, 5.41) is 20.0. The van der Waals surface area contributed by atoms with E-state index >= 15 is 0 Å². The third-order valence-electron chi connectivity index (χ3n) is 6.13. The number of carbonyl (C=O) groups excluding carboxylic acids is 1. The van der Waals surface area contributed by atoms with Gasteiger partial charge in [0.2, 0.25) is 6.23 Å². The van der Waals surface area contributed by atoms with Crippen LogP contribution in [0.25, 0.3) is 11.8 Å². The summed E-state index contributed by atoms with van der Waals surface area (Å²) >= 11 is 12.7. The van der Waals surface area contributed by atoms with Crippen LogP contribution >= 0.6 is 23.2 Å². The second kappa shape index (κ2) is 12.3. The summed E-state index contributed by atoms with van der Waals surface area (Å²) in [4.78, 5) is 25.7. The third-order valence-corrected chi connectivity index (χ3v) is 6.65. The maximum absolute atomic E-state index is 13.5. The standard InChI is InChI=1S/C27H31Cl2N7O3/c1-34(2)11-10-30-23-9-6-16-12-21(36(38)27(39-5)25(16)33-23)19-15-18(7-8-20(19)28)31-26(37)17-13-22(29)32-24(14-17)35(3)4/h6-9,12-15,27,36H,10-11H2,1-5H3,(H,30,33)(H,31,37). The van der Waals surface area contributed by atoms with Crippen molar-refractivity contribution in [2.24, 2.45) is 0 Å². The Kier molecular flexibility index (Phi) is 9.06. The third kappa shape index (κ3) is 6.67. The largest absolute Gasteiger partial charge is 0.627 e. The van der Waals surface area contributed by atoms with Gasteiger partial charge in [-0.25, -0.2) is 9.97 Å². The van der Waals surface area contributed by atoms with E-state index in [4.69, 9.17) is 27.9 Å². The van der Waals surface area contributed by atoms with Crippen LogP contribution in [0.4, 0.5) is 17.3 Å². The van der Waals surface area contributed by atoms with Crippen LogP contribution in [0.2, 0.25) is 10.2 Å². The van der Waals surface area contributed by atoms with Gasteiger partial charge in [0.25, 0.3) is 5.91 Å². The van der Waals surface area contributed by atoms with Gasteiger partial charge in [-0.3, -0.25) is 4.79 Å². The number of aromatic nitrogens is 2. The number of likely N-dealkylation sites (N-methyl/N-ethyl adjacent to an activating group) is 1. The molecule has 2 atom stereocenters. The monoisotopic (exact) mass is 571 g/mol. The highest BCUT2D eigenvalue weighted by molar-refractivity contribution is 6.32. The van der Waals surface area contributed by atoms with Crippen molar-refractivity contribution in [1.29, 1.82) is 0 Å². The number of hydrogen-bond acceptors (Lipinski definition) is 8. The van der Waals surface area contributed by atoms with E-state index in [-0.39, 0.29) is 16.1 Å².